The van der Waals surface area contributed by atoms with Gasteiger partial charge in [-0.1, -0.05) is 12.1 Å². The second kappa shape index (κ2) is 7.54. The Balaban J connectivity index is 1.17. The minimum absolute atomic E-state index is 0.103. The average molecular weight is 396 g/mol. The zero-order valence-electron chi connectivity index (χ0n) is 16.6. The molecule has 0 radical (unpaired) electrons. The monoisotopic (exact) mass is 396 g/mol. The third kappa shape index (κ3) is 3.57. The van der Waals surface area contributed by atoms with E-state index in [4.69, 9.17) is 0 Å². The van der Waals surface area contributed by atoms with Gasteiger partial charge < -0.3 is 15.5 Å². The second-order valence-corrected chi connectivity index (χ2v) is 8.95. The Bertz CT molecular complexity index is 842. The summed E-state index contributed by atoms with van der Waals surface area (Å²) >= 11 is 0. The maximum Gasteiger partial charge on any atom is 0.255 e. The Morgan fingerprint density at radius 1 is 1.10 bits per heavy atom. The van der Waals surface area contributed by atoms with Crippen LogP contribution in [0.1, 0.15) is 53.6 Å². The van der Waals surface area contributed by atoms with Crippen LogP contribution in [0.2, 0.25) is 0 Å². The molecule has 3 amide bonds. The molecule has 1 aromatic rings. The first-order valence-electron chi connectivity index (χ1n) is 10.8. The number of hydrogen-bond donors (Lipinski definition) is 3. The van der Waals surface area contributed by atoms with Crippen molar-refractivity contribution in [2.45, 2.75) is 57.3 Å². The van der Waals surface area contributed by atoms with Crippen LogP contribution in [0, 0.1) is 11.8 Å². The normalized spacial score (nSPS) is 31.6. The highest BCUT2D eigenvalue weighted by Crippen LogP contribution is 2.37. The summed E-state index contributed by atoms with van der Waals surface area (Å²) in [5.41, 5.74) is 2.76. The summed E-state index contributed by atoms with van der Waals surface area (Å²) in [6, 6.07) is 6.07. The van der Waals surface area contributed by atoms with Crippen LogP contribution in [0.5, 0.6) is 0 Å². The van der Waals surface area contributed by atoms with Crippen molar-refractivity contribution in [1.29, 1.82) is 0 Å². The fourth-order valence-electron chi connectivity index (χ4n) is 5.27. The number of fused-ring (bicyclic) bond motifs is 1. The van der Waals surface area contributed by atoms with E-state index < -0.39 is 6.04 Å². The molecule has 7 nitrogen and oxygen atoms in total. The lowest BCUT2D eigenvalue weighted by Crippen LogP contribution is -2.52. The van der Waals surface area contributed by atoms with Crippen molar-refractivity contribution in [3.63, 3.8) is 0 Å². The number of amides is 3. The van der Waals surface area contributed by atoms with E-state index in [1.807, 2.05) is 12.1 Å². The SMILES string of the molecule is O=C1CCC(N2Cc3ccc(CNC4CC(C5CCNC5)C4)cc3C2=O)C(=O)N1. The lowest BCUT2D eigenvalue weighted by molar-refractivity contribution is -0.136. The third-order valence-electron chi connectivity index (χ3n) is 7.13. The smallest absolute Gasteiger partial charge is 0.255 e. The molecule has 154 valence electrons. The largest absolute Gasteiger partial charge is 0.322 e. The summed E-state index contributed by atoms with van der Waals surface area (Å²) in [5, 5.41) is 9.44. The topological polar surface area (TPSA) is 90.5 Å². The molecule has 7 heteroatoms. The van der Waals surface area contributed by atoms with Gasteiger partial charge in [0.2, 0.25) is 11.8 Å². The minimum atomic E-state index is -0.550. The number of hydrogen-bond acceptors (Lipinski definition) is 5. The molecule has 2 unspecified atom stereocenters. The fourth-order valence-corrected chi connectivity index (χ4v) is 5.27. The number of carbonyl (C=O) groups excluding carboxylic acids is 3. The molecule has 1 saturated carbocycles. The first kappa shape index (κ1) is 18.8. The van der Waals surface area contributed by atoms with Crippen molar-refractivity contribution in [3.05, 3.63) is 34.9 Å². The molecule has 29 heavy (non-hydrogen) atoms. The van der Waals surface area contributed by atoms with Crippen molar-refractivity contribution in [1.82, 2.24) is 20.9 Å². The number of imide groups is 1. The van der Waals surface area contributed by atoms with Crippen LogP contribution in [0.15, 0.2) is 18.2 Å². The Kier molecular flexibility index (Phi) is 4.87. The summed E-state index contributed by atoms with van der Waals surface area (Å²) in [5.74, 6) is 0.983. The summed E-state index contributed by atoms with van der Waals surface area (Å²) < 4.78 is 0. The van der Waals surface area contributed by atoms with Gasteiger partial charge in [-0.2, -0.15) is 0 Å². The molecule has 2 saturated heterocycles. The zero-order valence-corrected chi connectivity index (χ0v) is 16.6. The number of piperidine rings is 1. The molecule has 2 atom stereocenters. The maximum absolute atomic E-state index is 12.9. The predicted octanol–water partition coefficient (Wildman–Crippen LogP) is 0.925. The number of carbonyl (C=O) groups is 3. The lowest BCUT2D eigenvalue weighted by Gasteiger charge is -2.39. The van der Waals surface area contributed by atoms with Gasteiger partial charge >= 0.3 is 0 Å². The van der Waals surface area contributed by atoms with E-state index in [0.717, 1.165) is 36.1 Å². The molecule has 0 aromatic heterocycles. The molecule has 1 aliphatic carbocycles. The first-order valence-corrected chi connectivity index (χ1v) is 10.8. The summed E-state index contributed by atoms with van der Waals surface area (Å²) in [4.78, 5) is 38.1. The van der Waals surface area contributed by atoms with Crippen LogP contribution in [-0.2, 0) is 22.7 Å². The van der Waals surface area contributed by atoms with Gasteiger partial charge in [0.25, 0.3) is 5.91 Å². The molecule has 3 aliphatic heterocycles. The van der Waals surface area contributed by atoms with Crippen molar-refractivity contribution >= 4 is 17.7 Å². The van der Waals surface area contributed by atoms with Crippen LogP contribution >= 0.6 is 0 Å². The van der Waals surface area contributed by atoms with Crippen molar-refractivity contribution in [2.24, 2.45) is 11.8 Å². The molecule has 3 heterocycles. The molecular weight excluding hydrogens is 368 g/mol. The van der Waals surface area contributed by atoms with Gasteiger partial charge in [0.05, 0.1) is 0 Å². The van der Waals surface area contributed by atoms with Gasteiger partial charge in [-0.15, -0.1) is 0 Å². The third-order valence-corrected chi connectivity index (χ3v) is 7.13. The van der Waals surface area contributed by atoms with E-state index in [2.05, 4.69) is 22.0 Å². The van der Waals surface area contributed by atoms with E-state index in [0.29, 0.717) is 24.6 Å². The van der Waals surface area contributed by atoms with Gasteiger partial charge in [-0.05, 0) is 67.8 Å². The van der Waals surface area contributed by atoms with E-state index in [1.54, 1.807) is 4.90 Å². The fraction of sp³-hybridized carbons (Fsp3) is 0.591. The van der Waals surface area contributed by atoms with E-state index in [-0.39, 0.29) is 24.1 Å². The molecule has 1 aromatic carbocycles. The quantitative estimate of drug-likeness (QED) is 0.644. The molecule has 5 rings (SSSR count). The number of nitrogens with one attached hydrogen (secondary N) is 3. The first-order chi connectivity index (χ1) is 14.1. The van der Waals surface area contributed by atoms with Crippen LogP contribution in [0.4, 0.5) is 0 Å². The lowest BCUT2D eigenvalue weighted by atomic mass is 9.72. The standard InChI is InChI=1S/C22H28N4O3/c27-20-4-3-19(21(28)25-20)26-12-15-2-1-13(7-18(15)22(26)29)10-24-17-8-16(9-17)14-5-6-23-11-14/h1-2,7,14,16-17,19,23-24H,3-6,8-12H2,(H,25,27,28). The van der Waals surface area contributed by atoms with Crippen LogP contribution in [-0.4, -0.2) is 47.8 Å². The number of nitrogens with zero attached hydrogens (tertiary/aromatic N) is 1. The minimum Gasteiger partial charge on any atom is -0.322 e. The molecule has 3 N–H and O–H groups in total. The Hall–Kier alpha value is -2.25. The summed E-state index contributed by atoms with van der Waals surface area (Å²) in [6.07, 6.45) is 4.50. The van der Waals surface area contributed by atoms with Crippen molar-refractivity contribution in [3.8, 4) is 0 Å². The molecular formula is C22H28N4O3. The highest BCUT2D eigenvalue weighted by atomic mass is 16.2. The highest BCUT2D eigenvalue weighted by molar-refractivity contribution is 6.05. The number of rotatable bonds is 5. The molecule has 3 fully saturated rings. The Morgan fingerprint density at radius 3 is 2.72 bits per heavy atom. The van der Waals surface area contributed by atoms with E-state index in [9.17, 15) is 14.4 Å². The van der Waals surface area contributed by atoms with E-state index >= 15 is 0 Å². The number of benzene rings is 1. The average Bonchev–Trinajstić information content (AvgIpc) is 3.30. The van der Waals surface area contributed by atoms with Gasteiger partial charge in [-0.25, -0.2) is 0 Å². The maximum atomic E-state index is 12.9. The Morgan fingerprint density at radius 2 is 1.97 bits per heavy atom. The van der Waals surface area contributed by atoms with Crippen LogP contribution in [0.25, 0.3) is 0 Å². The second-order valence-electron chi connectivity index (χ2n) is 8.95. The summed E-state index contributed by atoms with van der Waals surface area (Å²) in [7, 11) is 0. The van der Waals surface area contributed by atoms with Gasteiger partial charge in [0.1, 0.15) is 6.04 Å². The highest BCUT2D eigenvalue weighted by Gasteiger charge is 2.39. The van der Waals surface area contributed by atoms with Crippen LogP contribution in [0.3, 0.4) is 0 Å². The van der Waals surface area contributed by atoms with E-state index in [1.165, 1.54) is 25.8 Å². The predicted molar refractivity (Wildman–Crippen MR) is 107 cm³/mol. The van der Waals surface area contributed by atoms with Gasteiger partial charge in [-0.3, -0.25) is 19.7 Å². The zero-order chi connectivity index (χ0) is 20.0. The Labute approximate surface area is 170 Å². The van der Waals surface area contributed by atoms with Crippen LogP contribution < -0.4 is 16.0 Å². The molecule has 0 bridgehead atoms. The van der Waals surface area contributed by atoms with Gasteiger partial charge in [0.15, 0.2) is 0 Å². The summed E-state index contributed by atoms with van der Waals surface area (Å²) in [6.45, 7) is 3.54. The van der Waals surface area contributed by atoms with Crippen molar-refractivity contribution in [2.75, 3.05) is 13.1 Å². The molecule has 0 spiro atoms. The molecule has 4 aliphatic rings. The van der Waals surface area contributed by atoms with Gasteiger partial charge in [0, 0.05) is 31.1 Å². The van der Waals surface area contributed by atoms with Crippen molar-refractivity contribution < 1.29 is 14.4 Å².